The zero-order valence-electron chi connectivity index (χ0n) is 15.2. The van der Waals surface area contributed by atoms with Crippen LogP contribution in [0.2, 0.25) is 0 Å². The lowest BCUT2D eigenvalue weighted by Crippen LogP contribution is -2.51. The Kier molecular flexibility index (Phi) is 5.58. The number of aromatic nitrogens is 4. The molecule has 0 bridgehead atoms. The summed E-state index contributed by atoms with van der Waals surface area (Å²) in [5.74, 6) is 0.710. The zero-order chi connectivity index (χ0) is 19.8. The van der Waals surface area contributed by atoms with Crippen LogP contribution in [0.4, 0.5) is 14.6 Å². The maximum atomic E-state index is 12.8. The van der Waals surface area contributed by atoms with Gasteiger partial charge in [0.05, 0.1) is 18.1 Å². The van der Waals surface area contributed by atoms with Crippen LogP contribution in [0.5, 0.6) is 0 Å². The summed E-state index contributed by atoms with van der Waals surface area (Å²) in [6, 6.07) is -0.408. The molecule has 2 aromatic rings. The third kappa shape index (κ3) is 4.17. The molecule has 0 unspecified atom stereocenters. The van der Waals surface area contributed by atoms with Crippen LogP contribution in [-0.2, 0) is 10.2 Å². The van der Waals surface area contributed by atoms with Gasteiger partial charge in [-0.3, -0.25) is 0 Å². The van der Waals surface area contributed by atoms with Crippen LogP contribution in [0.15, 0.2) is 12.5 Å². The molecule has 1 saturated heterocycles. The summed E-state index contributed by atoms with van der Waals surface area (Å²) in [5, 5.41) is 10.3. The topological polar surface area (TPSA) is 110 Å². The first-order valence-electron chi connectivity index (χ1n) is 8.69. The van der Waals surface area contributed by atoms with Gasteiger partial charge in [0.15, 0.2) is 5.65 Å². The molecule has 3 rings (SSSR count). The molecule has 0 spiro atoms. The summed E-state index contributed by atoms with van der Waals surface area (Å²) >= 11 is 0. The molecule has 1 aliphatic rings. The van der Waals surface area contributed by atoms with Crippen LogP contribution in [-0.4, -0.2) is 64.6 Å². The fraction of sp³-hybridized carbons (Fsp3) is 0.667. The van der Waals surface area contributed by atoms with Crippen molar-refractivity contribution < 1.29 is 17.2 Å². The van der Waals surface area contributed by atoms with Gasteiger partial charge in [0.2, 0.25) is 0 Å². The summed E-state index contributed by atoms with van der Waals surface area (Å²) in [6.45, 7) is 4.06. The maximum Gasteiger partial charge on any atom is 0.277 e. The van der Waals surface area contributed by atoms with Crippen LogP contribution in [0, 0.1) is 0 Å². The molecule has 0 aliphatic carbocycles. The van der Waals surface area contributed by atoms with Gasteiger partial charge in [-0.2, -0.15) is 17.8 Å². The number of anilines is 1. The Balaban J connectivity index is 1.79. The fourth-order valence-corrected chi connectivity index (χ4v) is 4.39. The van der Waals surface area contributed by atoms with E-state index in [9.17, 15) is 17.2 Å². The minimum Gasteiger partial charge on any atom is -0.356 e. The average Bonchev–Trinajstić information content (AvgIpc) is 3.03. The molecule has 1 fully saturated rings. The predicted molar refractivity (Wildman–Crippen MR) is 96.8 cm³/mol. The predicted octanol–water partition coefficient (Wildman–Crippen LogP) is 1.15. The van der Waals surface area contributed by atoms with Crippen LogP contribution >= 0.6 is 0 Å². The van der Waals surface area contributed by atoms with E-state index in [0.717, 1.165) is 11.0 Å². The number of fused-ring (bicyclic) bond motifs is 1. The molecule has 0 radical (unpaired) electrons. The molecule has 27 heavy (non-hydrogen) atoms. The van der Waals surface area contributed by atoms with Crippen molar-refractivity contribution in [2.24, 2.45) is 5.14 Å². The second-order valence-corrected chi connectivity index (χ2v) is 8.34. The highest BCUT2D eigenvalue weighted by atomic mass is 32.2. The Hall–Kier alpha value is -1.92. The van der Waals surface area contributed by atoms with Crippen molar-refractivity contribution in [1.29, 1.82) is 0 Å². The van der Waals surface area contributed by atoms with Crippen molar-refractivity contribution in [3.63, 3.8) is 0 Å². The lowest BCUT2D eigenvalue weighted by molar-refractivity contribution is 0.101. The Labute approximate surface area is 156 Å². The molecule has 2 aromatic heterocycles. The molecule has 150 valence electrons. The molecule has 3 heterocycles. The van der Waals surface area contributed by atoms with Crippen molar-refractivity contribution in [3.8, 4) is 0 Å². The van der Waals surface area contributed by atoms with Crippen molar-refractivity contribution in [2.45, 2.75) is 45.2 Å². The van der Waals surface area contributed by atoms with E-state index in [4.69, 9.17) is 5.14 Å². The maximum absolute atomic E-state index is 12.8. The summed E-state index contributed by atoms with van der Waals surface area (Å²) < 4.78 is 51.4. The van der Waals surface area contributed by atoms with Gasteiger partial charge in [0.25, 0.3) is 16.6 Å². The monoisotopic (exact) mass is 403 g/mol. The van der Waals surface area contributed by atoms with Crippen molar-refractivity contribution in [2.75, 3.05) is 24.5 Å². The van der Waals surface area contributed by atoms with Gasteiger partial charge in [-0.15, -0.1) is 0 Å². The normalized spacial score (nSPS) is 17.0. The first-order chi connectivity index (χ1) is 12.7. The van der Waals surface area contributed by atoms with Crippen LogP contribution < -0.4 is 10.0 Å². The van der Waals surface area contributed by atoms with Crippen LogP contribution in [0.1, 0.15) is 32.7 Å². The van der Waals surface area contributed by atoms with Crippen LogP contribution in [0.25, 0.3) is 11.0 Å². The van der Waals surface area contributed by atoms with E-state index in [1.807, 2.05) is 18.7 Å². The molecule has 0 saturated carbocycles. The number of halogens is 2. The number of rotatable bonds is 6. The Bertz CT molecular complexity index is 895. The van der Waals surface area contributed by atoms with Crippen molar-refractivity contribution in [1.82, 2.24) is 24.1 Å². The quantitative estimate of drug-likeness (QED) is 0.775. The Morgan fingerprint density at radius 2 is 1.96 bits per heavy atom. The lowest BCUT2D eigenvalue weighted by Gasteiger charge is -2.37. The van der Waals surface area contributed by atoms with Gasteiger partial charge in [0, 0.05) is 25.2 Å². The van der Waals surface area contributed by atoms with E-state index >= 15 is 0 Å². The van der Waals surface area contributed by atoms with Crippen molar-refractivity contribution >= 4 is 27.1 Å². The number of alkyl halides is 2. The minimum atomic E-state index is -4.19. The van der Waals surface area contributed by atoms with E-state index in [1.165, 1.54) is 6.33 Å². The van der Waals surface area contributed by atoms with Crippen molar-refractivity contribution in [3.05, 3.63) is 12.5 Å². The number of hydrogen-bond donors (Lipinski definition) is 1. The zero-order valence-corrected chi connectivity index (χ0v) is 16.0. The molecule has 12 heteroatoms. The molecule has 2 N–H and O–H groups in total. The van der Waals surface area contributed by atoms with E-state index in [-0.39, 0.29) is 6.04 Å². The number of nitrogens with two attached hydrogens (primary N) is 1. The highest BCUT2D eigenvalue weighted by Gasteiger charge is 2.33. The van der Waals surface area contributed by atoms with E-state index in [2.05, 4.69) is 15.1 Å². The van der Waals surface area contributed by atoms with E-state index < -0.39 is 29.2 Å². The van der Waals surface area contributed by atoms with Gasteiger partial charge in [-0.05, 0) is 26.7 Å². The third-order valence-corrected chi connectivity index (χ3v) is 5.78. The van der Waals surface area contributed by atoms with E-state index in [0.29, 0.717) is 36.1 Å². The first kappa shape index (κ1) is 19.8. The summed E-state index contributed by atoms with van der Waals surface area (Å²) in [6.07, 6.45) is 1.17. The molecule has 9 nitrogen and oxygen atoms in total. The third-order valence-electron chi connectivity index (χ3n) is 4.68. The van der Waals surface area contributed by atoms with Gasteiger partial charge >= 0.3 is 0 Å². The Morgan fingerprint density at radius 1 is 1.30 bits per heavy atom. The summed E-state index contributed by atoms with van der Waals surface area (Å²) in [4.78, 5) is 10.7. The molecule has 0 amide bonds. The molecule has 0 aromatic carbocycles. The second-order valence-electron chi connectivity index (χ2n) is 6.84. The summed E-state index contributed by atoms with van der Waals surface area (Å²) in [5.41, 5.74) is 0.723. The second kappa shape index (κ2) is 7.60. The highest BCUT2D eigenvalue weighted by Crippen LogP contribution is 2.28. The lowest BCUT2D eigenvalue weighted by atomic mass is 10.0. The largest absolute Gasteiger partial charge is 0.356 e. The van der Waals surface area contributed by atoms with Crippen LogP contribution in [0.3, 0.4) is 0 Å². The van der Waals surface area contributed by atoms with E-state index in [1.54, 1.807) is 10.9 Å². The van der Waals surface area contributed by atoms with Gasteiger partial charge < -0.3 is 4.90 Å². The van der Waals surface area contributed by atoms with Gasteiger partial charge in [-0.1, -0.05) is 0 Å². The molecular formula is C15H23F2N7O2S. The van der Waals surface area contributed by atoms with Gasteiger partial charge in [-0.25, -0.2) is 28.6 Å². The average molecular weight is 403 g/mol. The van der Waals surface area contributed by atoms with Gasteiger partial charge in [0.1, 0.15) is 12.1 Å². The molecular weight excluding hydrogens is 380 g/mol. The number of nitrogens with zero attached hydrogens (tertiary/aromatic N) is 6. The molecule has 0 atom stereocenters. The number of piperidine rings is 1. The fourth-order valence-electron chi connectivity index (χ4n) is 3.44. The number of hydrogen-bond acceptors (Lipinski definition) is 6. The standard InChI is InChI=1S/C15H23F2N7O2S/c1-10(2)24-15-12(7-21-24)14(19-9-20-15)22-5-3-11(4-6-22)23(8-13(16)17)27(18,25)26/h7,9-11,13H,3-6,8H2,1-2H3,(H2,18,25,26). The minimum absolute atomic E-state index is 0.147. The molecule has 1 aliphatic heterocycles. The highest BCUT2D eigenvalue weighted by molar-refractivity contribution is 7.86. The SMILES string of the molecule is CC(C)n1ncc2c(N3CCC(N(CC(F)F)S(N)(=O)=O)CC3)ncnc21. The summed E-state index contributed by atoms with van der Waals surface area (Å²) in [7, 11) is -4.19. The first-order valence-corrected chi connectivity index (χ1v) is 10.2. The Morgan fingerprint density at radius 3 is 2.52 bits per heavy atom. The smallest absolute Gasteiger partial charge is 0.277 e.